The number of thiophene rings is 1. The SMILES string of the molecule is N[C@H](COc1cnc(-c2ccccc2)c(-c2ccc3[nH]nc(-c4cccs4)c3c2)c1)Cc1ccccc1. The first-order valence-corrected chi connectivity index (χ1v) is 13.1. The Morgan fingerprint density at radius 1 is 0.838 bits per heavy atom. The molecule has 182 valence electrons. The van der Waals surface area contributed by atoms with Gasteiger partial charge in [0, 0.05) is 22.6 Å². The van der Waals surface area contributed by atoms with E-state index >= 15 is 0 Å². The molecule has 0 amide bonds. The Morgan fingerprint density at radius 2 is 1.65 bits per heavy atom. The summed E-state index contributed by atoms with van der Waals surface area (Å²) in [5.74, 6) is 0.698. The number of aromatic amines is 1. The Morgan fingerprint density at radius 3 is 2.43 bits per heavy atom. The minimum atomic E-state index is -0.115. The van der Waals surface area contributed by atoms with Crippen molar-refractivity contribution >= 4 is 22.2 Å². The van der Waals surface area contributed by atoms with Crippen LogP contribution < -0.4 is 10.5 Å². The molecule has 3 aromatic heterocycles. The van der Waals surface area contributed by atoms with Crippen molar-refractivity contribution in [2.75, 3.05) is 6.61 Å². The maximum absolute atomic E-state index is 6.38. The van der Waals surface area contributed by atoms with Gasteiger partial charge in [-0.15, -0.1) is 11.3 Å². The standard InChI is InChI=1S/C31H26N4OS/c32-24(16-21-8-3-1-4-9-21)20-36-25-18-26(30(33-19-25)22-10-5-2-6-11-22)23-13-14-28-27(17-23)31(35-34-28)29-12-7-15-37-29/h1-15,17-19,24H,16,20,32H2,(H,34,35)/t24-/m0/s1. The number of benzene rings is 3. The fourth-order valence-corrected chi connectivity index (χ4v) is 5.26. The third-order valence-corrected chi connectivity index (χ3v) is 7.22. The summed E-state index contributed by atoms with van der Waals surface area (Å²) in [6, 6.07) is 32.9. The molecule has 0 aliphatic rings. The molecule has 0 bridgehead atoms. The lowest BCUT2D eigenvalue weighted by molar-refractivity contribution is 0.287. The van der Waals surface area contributed by atoms with E-state index in [9.17, 15) is 0 Å². The van der Waals surface area contributed by atoms with Crippen molar-refractivity contribution < 1.29 is 4.74 Å². The van der Waals surface area contributed by atoms with Crippen molar-refractivity contribution in [3.63, 3.8) is 0 Å². The largest absolute Gasteiger partial charge is 0.490 e. The summed E-state index contributed by atoms with van der Waals surface area (Å²) in [4.78, 5) is 5.97. The molecule has 0 aliphatic carbocycles. The highest BCUT2D eigenvalue weighted by atomic mass is 32.1. The molecule has 0 spiro atoms. The molecular weight excluding hydrogens is 476 g/mol. The van der Waals surface area contributed by atoms with Crippen molar-refractivity contribution in [3.8, 4) is 38.7 Å². The van der Waals surface area contributed by atoms with Gasteiger partial charge >= 0.3 is 0 Å². The summed E-state index contributed by atoms with van der Waals surface area (Å²) < 4.78 is 6.14. The second-order valence-corrected chi connectivity index (χ2v) is 9.95. The van der Waals surface area contributed by atoms with Gasteiger partial charge in [0.25, 0.3) is 0 Å². The predicted molar refractivity (Wildman–Crippen MR) is 152 cm³/mol. The van der Waals surface area contributed by atoms with E-state index in [4.69, 9.17) is 15.5 Å². The number of aromatic nitrogens is 3. The van der Waals surface area contributed by atoms with Gasteiger partial charge in [-0.2, -0.15) is 5.10 Å². The second kappa shape index (κ2) is 10.4. The summed E-state index contributed by atoms with van der Waals surface area (Å²) in [5, 5.41) is 10.9. The van der Waals surface area contributed by atoms with Gasteiger partial charge < -0.3 is 10.5 Å². The third-order valence-electron chi connectivity index (χ3n) is 6.34. The normalized spacial score (nSPS) is 12.0. The molecule has 3 heterocycles. The van der Waals surface area contributed by atoms with Crippen LogP contribution in [0, 0.1) is 0 Å². The number of H-pyrrole nitrogens is 1. The number of nitrogens with zero attached hydrogens (tertiary/aromatic N) is 2. The molecule has 0 radical (unpaired) electrons. The minimum Gasteiger partial charge on any atom is -0.490 e. The maximum atomic E-state index is 6.38. The number of nitrogens with one attached hydrogen (secondary N) is 1. The fraction of sp³-hybridized carbons (Fsp3) is 0.0968. The zero-order valence-corrected chi connectivity index (χ0v) is 21.0. The number of nitrogens with two attached hydrogens (primary N) is 1. The van der Waals surface area contributed by atoms with E-state index in [0.717, 1.165) is 50.3 Å². The van der Waals surface area contributed by atoms with Crippen molar-refractivity contribution in [1.82, 2.24) is 15.2 Å². The van der Waals surface area contributed by atoms with E-state index < -0.39 is 0 Å². The summed E-state index contributed by atoms with van der Waals surface area (Å²) in [6.07, 6.45) is 2.54. The highest BCUT2D eigenvalue weighted by Crippen LogP contribution is 2.37. The van der Waals surface area contributed by atoms with Crippen molar-refractivity contribution in [2.24, 2.45) is 5.73 Å². The minimum absolute atomic E-state index is 0.115. The number of hydrogen-bond donors (Lipinski definition) is 2. The smallest absolute Gasteiger partial charge is 0.138 e. The zero-order chi connectivity index (χ0) is 25.0. The summed E-state index contributed by atoms with van der Waals surface area (Å²) in [5.41, 5.74) is 13.6. The molecule has 0 aliphatic heterocycles. The number of pyridine rings is 1. The molecule has 1 atom stereocenters. The Bertz CT molecular complexity index is 1610. The van der Waals surface area contributed by atoms with Crippen LogP contribution in [0.4, 0.5) is 0 Å². The van der Waals surface area contributed by atoms with Crippen LogP contribution in [0.25, 0.3) is 43.9 Å². The topological polar surface area (TPSA) is 76.8 Å². The van der Waals surface area contributed by atoms with Gasteiger partial charge in [0.05, 0.1) is 22.3 Å². The van der Waals surface area contributed by atoms with Crippen molar-refractivity contribution in [1.29, 1.82) is 0 Å². The van der Waals surface area contributed by atoms with E-state index in [1.165, 1.54) is 5.56 Å². The molecule has 37 heavy (non-hydrogen) atoms. The van der Waals surface area contributed by atoms with E-state index in [2.05, 4.69) is 70.2 Å². The van der Waals surface area contributed by atoms with Crippen LogP contribution in [-0.4, -0.2) is 27.8 Å². The molecule has 5 nitrogen and oxygen atoms in total. The van der Waals surface area contributed by atoms with Crippen LogP contribution in [-0.2, 0) is 6.42 Å². The highest BCUT2D eigenvalue weighted by molar-refractivity contribution is 7.13. The van der Waals surface area contributed by atoms with Crippen molar-refractivity contribution in [2.45, 2.75) is 12.5 Å². The fourth-order valence-electron chi connectivity index (χ4n) is 4.53. The molecule has 6 aromatic rings. The zero-order valence-electron chi connectivity index (χ0n) is 20.2. The summed E-state index contributed by atoms with van der Waals surface area (Å²) in [7, 11) is 0. The Balaban J connectivity index is 1.35. The predicted octanol–water partition coefficient (Wildman–Crippen LogP) is 6.97. The molecule has 6 heteroatoms. The van der Waals surface area contributed by atoms with Gasteiger partial charge in [0.2, 0.25) is 0 Å². The first-order chi connectivity index (χ1) is 18.2. The first kappa shape index (κ1) is 23.2. The Labute approximate surface area is 219 Å². The average Bonchev–Trinajstić information content (AvgIpc) is 3.62. The Kier molecular flexibility index (Phi) is 6.50. The molecule has 6 rings (SSSR count). The summed E-state index contributed by atoms with van der Waals surface area (Å²) in [6.45, 7) is 0.407. The average molecular weight is 503 g/mol. The maximum Gasteiger partial charge on any atom is 0.138 e. The highest BCUT2D eigenvalue weighted by Gasteiger charge is 2.15. The van der Waals surface area contributed by atoms with E-state index in [1.54, 1.807) is 17.5 Å². The van der Waals surface area contributed by atoms with E-state index in [0.29, 0.717) is 12.4 Å². The van der Waals surface area contributed by atoms with Gasteiger partial charge in [0.15, 0.2) is 0 Å². The number of hydrogen-bond acceptors (Lipinski definition) is 5. The van der Waals surface area contributed by atoms with E-state index in [-0.39, 0.29) is 6.04 Å². The molecular formula is C31H26N4OS. The molecule has 0 unspecified atom stereocenters. The van der Waals surface area contributed by atoms with Gasteiger partial charge in [-0.1, -0.05) is 72.8 Å². The van der Waals surface area contributed by atoms with E-state index in [1.807, 2.05) is 42.5 Å². The monoisotopic (exact) mass is 502 g/mol. The second-order valence-electron chi connectivity index (χ2n) is 9.00. The van der Waals surface area contributed by atoms with Crippen LogP contribution in [0.2, 0.25) is 0 Å². The molecule has 3 N–H and O–H groups in total. The Hall–Kier alpha value is -4.26. The molecule has 0 fully saturated rings. The van der Waals surface area contributed by atoms with Crippen LogP contribution in [0.1, 0.15) is 5.56 Å². The lowest BCUT2D eigenvalue weighted by Crippen LogP contribution is -2.30. The van der Waals surface area contributed by atoms with Crippen molar-refractivity contribution in [3.05, 3.63) is 114 Å². The van der Waals surface area contributed by atoms with Crippen LogP contribution in [0.3, 0.4) is 0 Å². The van der Waals surface area contributed by atoms with Crippen LogP contribution >= 0.6 is 11.3 Å². The molecule has 3 aromatic carbocycles. The van der Waals surface area contributed by atoms with Gasteiger partial charge in [-0.25, -0.2) is 0 Å². The lowest BCUT2D eigenvalue weighted by Gasteiger charge is -2.16. The van der Waals surface area contributed by atoms with Gasteiger partial charge in [-0.3, -0.25) is 10.1 Å². The first-order valence-electron chi connectivity index (χ1n) is 12.2. The van der Waals surface area contributed by atoms with Gasteiger partial charge in [-0.05, 0) is 47.2 Å². The number of rotatable bonds is 8. The number of fused-ring (bicyclic) bond motifs is 1. The third kappa shape index (κ3) is 5.03. The number of ether oxygens (including phenoxy) is 1. The summed E-state index contributed by atoms with van der Waals surface area (Å²) >= 11 is 1.68. The lowest BCUT2D eigenvalue weighted by atomic mass is 9.97. The van der Waals surface area contributed by atoms with Gasteiger partial charge in [0.1, 0.15) is 18.1 Å². The van der Waals surface area contributed by atoms with Crippen LogP contribution in [0.15, 0.2) is 109 Å². The molecule has 0 saturated heterocycles. The molecule has 0 saturated carbocycles. The quantitative estimate of drug-likeness (QED) is 0.236. The van der Waals surface area contributed by atoms with Crippen LogP contribution in [0.5, 0.6) is 5.75 Å².